The van der Waals surface area contributed by atoms with Crippen molar-refractivity contribution in [2.75, 3.05) is 20.7 Å². The zero-order valence-corrected chi connectivity index (χ0v) is 10.6. The lowest BCUT2D eigenvalue weighted by Gasteiger charge is -2.39. The Hall–Kier alpha value is -0.820. The van der Waals surface area contributed by atoms with Gasteiger partial charge in [0.25, 0.3) is 0 Å². The summed E-state index contributed by atoms with van der Waals surface area (Å²) in [6.07, 6.45) is -2.35. The molecule has 0 saturated heterocycles. The van der Waals surface area contributed by atoms with Gasteiger partial charge in [0.15, 0.2) is 0 Å². The number of nitrogens with two attached hydrogens (primary N) is 1. The molecule has 0 radical (unpaired) electrons. The van der Waals surface area contributed by atoms with Gasteiger partial charge < -0.3 is 10.5 Å². The van der Waals surface area contributed by atoms with E-state index in [1.165, 1.54) is 19.1 Å². The Labute approximate surface area is 104 Å². The molecule has 0 amide bonds. The Morgan fingerprint density at radius 2 is 2.17 bits per heavy atom. The molecule has 0 bridgehead atoms. The third-order valence-electron chi connectivity index (χ3n) is 3.40. The third-order valence-corrected chi connectivity index (χ3v) is 3.40. The topological polar surface area (TPSA) is 55.6 Å². The molecule has 7 heteroatoms. The average molecular weight is 268 g/mol. The summed E-state index contributed by atoms with van der Waals surface area (Å²) in [5.41, 5.74) is 4.77. The van der Waals surface area contributed by atoms with Crippen molar-refractivity contribution in [1.29, 1.82) is 0 Å². The van der Waals surface area contributed by atoms with Crippen LogP contribution in [-0.4, -0.2) is 49.3 Å². The molecule has 106 valence electrons. The van der Waals surface area contributed by atoms with E-state index in [2.05, 4.69) is 4.74 Å². The van der Waals surface area contributed by atoms with E-state index >= 15 is 0 Å². The molecule has 1 fully saturated rings. The minimum absolute atomic E-state index is 0.201. The summed E-state index contributed by atoms with van der Waals surface area (Å²) in [5.74, 6) is -0.549. The van der Waals surface area contributed by atoms with Crippen LogP contribution in [0, 0.1) is 0 Å². The van der Waals surface area contributed by atoms with E-state index in [0.717, 1.165) is 0 Å². The molecule has 2 atom stereocenters. The molecule has 0 spiro atoms. The van der Waals surface area contributed by atoms with Crippen LogP contribution in [0.5, 0.6) is 0 Å². The lowest BCUT2D eigenvalue weighted by atomic mass is 9.79. The second kappa shape index (κ2) is 5.44. The monoisotopic (exact) mass is 268 g/mol. The van der Waals surface area contributed by atoms with E-state index in [-0.39, 0.29) is 12.5 Å². The molecule has 0 aromatic rings. The molecule has 1 aliphatic rings. The molecule has 0 heterocycles. The van der Waals surface area contributed by atoms with Gasteiger partial charge in [0.2, 0.25) is 0 Å². The largest absolute Gasteiger partial charge is 0.468 e. The number of methoxy groups -OCH3 is 1. The molecule has 4 nitrogen and oxygen atoms in total. The maximum Gasteiger partial charge on any atom is 0.401 e. The van der Waals surface area contributed by atoms with E-state index in [9.17, 15) is 18.0 Å². The zero-order chi connectivity index (χ0) is 14.0. The quantitative estimate of drug-likeness (QED) is 0.784. The molecule has 1 rings (SSSR count). The van der Waals surface area contributed by atoms with Gasteiger partial charge >= 0.3 is 12.1 Å². The van der Waals surface area contributed by atoms with Gasteiger partial charge in [0.05, 0.1) is 13.7 Å². The predicted octanol–water partition coefficient (Wildman–Crippen LogP) is 1.29. The minimum Gasteiger partial charge on any atom is -0.468 e. The van der Waals surface area contributed by atoms with Crippen molar-refractivity contribution in [2.24, 2.45) is 5.73 Å². The molecule has 0 aromatic carbocycles. The lowest BCUT2D eigenvalue weighted by Crippen LogP contribution is -2.56. The molecular weight excluding hydrogens is 249 g/mol. The van der Waals surface area contributed by atoms with E-state index < -0.39 is 24.2 Å². The fourth-order valence-corrected chi connectivity index (χ4v) is 2.45. The number of halogens is 3. The smallest absolute Gasteiger partial charge is 0.401 e. The Morgan fingerprint density at radius 1 is 1.56 bits per heavy atom. The summed E-state index contributed by atoms with van der Waals surface area (Å²) in [5, 5.41) is 0. The minimum atomic E-state index is -4.24. The highest BCUT2D eigenvalue weighted by Crippen LogP contribution is 2.31. The van der Waals surface area contributed by atoms with Crippen molar-refractivity contribution < 1.29 is 22.7 Å². The van der Waals surface area contributed by atoms with Crippen LogP contribution < -0.4 is 5.73 Å². The van der Waals surface area contributed by atoms with Gasteiger partial charge in [-0.1, -0.05) is 0 Å². The highest BCUT2D eigenvalue weighted by atomic mass is 19.4. The zero-order valence-electron chi connectivity index (χ0n) is 10.6. The molecule has 2 N–H and O–H groups in total. The number of carbonyl (C=O) groups is 1. The van der Waals surface area contributed by atoms with Crippen LogP contribution in [0.3, 0.4) is 0 Å². The van der Waals surface area contributed by atoms with Crippen LogP contribution in [0.25, 0.3) is 0 Å². The lowest BCUT2D eigenvalue weighted by molar-refractivity contribution is -0.154. The highest BCUT2D eigenvalue weighted by Gasteiger charge is 2.43. The number of carbonyl (C=O) groups excluding carboxylic acids is 1. The number of hydrogen-bond acceptors (Lipinski definition) is 4. The second-order valence-corrected chi connectivity index (χ2v) is 4.93. The van der Waals surface area contributed by atoms with Crippen LogP contribution >= 0.6 is 0 Å². The summed E-state index contributed by atoms with van der Waals surface area (Å²) < 4.78 is 41.6. The maximum absolute atomic E-state index is 12.3. The standard InChI is InChI=1S/C11H19F3N2O2/c1-16(7-11(12,13)14)8-4-3-5-10(15,6-8)9(17)18-2/h8H,3-7,15H2,1-2H3. The van der Waals surface area contributed by atoms with Crippen molar-refractivity contribution in [3.8, 4) is 0 Å². The SMILES string of the molecule is COC(=O)C1(N)CCCC(N(C)CC(F)(F)F)C1. The average Bonchev–Trinajstić information content (AvgIpc) is 2.25. The van der Waals surface area contributed by atoms with Gasteiger partial charge in [0, 0.05) is 6.04 Å². The first-order valence-corrected chi connectivity index (χ1v) is 5.82. The van der Waals surface area contributed by atoms with Crippen LogP contribution in [0.1, 0.15) is 25.7 Å². The van der Waals surface area contributed by atoms with Gasteiger partial charge in [-0.2, -0.15) is 13.2 Å². The third kappa shape index (κ3) is 3.84. The van der Waals surface area contributed by atoms with E-state index in [4.69, 9.17) is 5.73 Å². The number of hydrogen-bond donors (Lipinski definition) is 1. The molecule has 1 aliphatic carbocycles. The van der Waals surface area contributed by atoms with Crippen LogP contribution in [0.4, 0.5) is 13.2 Å². The van der Waals surface area contributed by atoms with E-state index in [0.29, 0.717) is 19.3 Å². The van der Waals surface area contributed by atoms with Gasteiger partial charge in [-0.05, 0) is 32.7 Å². The van der Waals surface area contributed by atoms with Crippen LogP contribution in [0.2, 0.25) is 0 Å². The number of rotatable bonds is 3. The molecule has 0 aliphatic heterocycles. The van der Waals surface area contributed by atoms with E-state index in [1.54, 1.807) is 0 Å². The van der Waals surface area contributed by atoms with Gasteiger partial charge in [0.1, 0.15) is 5.54 Å². The first-order valence-electron chi connectivity index (χ1n) is 5.82. The Bertz CT molecular complexity index is 309. The fraction of sp³-hybridized carbons (Fsp3) is 0.909. The van der Waals surface area contributed by atoms with Gasteiger partial charge in [-0.3, -0.25) is 9.69 Å². The summed E-state index contributed by atoms with van der Waals surface area (Å²) >= 11 is 0. The summed E-state index contributed by atoms with van der Waals surface area (Å²) in [4.78, 5) is 12.8. The van der Waals surface area contributed by atoms with Crippen molar-refractivity contribution in [3.63, 3.8) is 0 Å². The first-order chi connectivity index (χ1) is 8.18. The summed E-state index contributed by atoms with van der Waals surface area (Å²) in [7, 11) is 2.64. The number of ether oxygens (including phenoxy) is 1. The molecule has 0 aromatic heterocycles. The molecular formula is C11H19F3N2O2. The first kappa shape index (κ1) is 15.2. The number of esters is 1. The predicted molar refractivity (Wildman–Crippen MR) is 59.9 cm³/mol. The van der Waals surface area contributed by atoms with Gasteiger partial charge in [-0.15, -0.1) is 0 Å². The highest BCUT2D eigenvalue weighted by molar-refractivity contribution is 5.80. The summed E-state index contributed by atoms with van der Waals surface area (Å²) in [6, 6.07) is -0.343. The normalized spacial score (nSPS) is 29.4. The molecule has 2 unspecified atom stereocenters. The Kier molecular flexibility index (Phi) is 4.61. The number of alkyl halides is 3. The Balaban J connectivity index is 2.66. The summed E-state index contributed by atoms with van der Waals surface area (Å²) in [6.45, 7) is -0.991. The maximum atomic E-state index is 12.3. The fourth-order valence-electron chi connectivity index (χ4n) is 2.45. The van der Waals surface area contributed by atoms with Crippen molar-refractivity contribution in [3.05, 3.63) is 0 Å². The van der Waals surface area contributed by atoms with Gasteiger partial charge in [-0.25, -0.2) is 0 Å². The second-order valence-electron chi connectivity index (χ2n) is 4.93. The number of nitrogens with zero attached hydrogens (tertiary/aromatic N) is 1. The van der Waals surface area contributed by atoms with E-state index in [1.807, 2.05) is 0 Å². The van der Waals surface area contributed by atoms with Crippen molar-refractivity contribution in [1.82, 2.24) is 4.90 Å². The van der Waals surface area contributed by atoms with Crippen molar-refractivity contribution in [2.45, 2.75) is 43.4 Å². The van der Waals surface area contributed by atoms with Crippen LogP contribution in [-0.2, 0) is 9.53 Å². The van der Waals surface area contributed by atoms with Crippen LogP contribution in [0.15, 0.2) is 0 Å². The van der Waals surface area contributed by atoms with Crippen molar-refractivity contribution >= 4 is 5.97 Å². The Morgan fingerprint density at radius 3 is 2.67 bits per heavy atom. The molecule has 18 heavy (non-hydrogen) atoms. The molecule has 1 saturated carbocycles.